The van der Waals surface area contributed by atoms with Crippen LogP contribution in [-0.2, 0) is 11.3 Å². The van der Waals surface area contributed by atoms with Crippen LogP contribution in [0.2, 0.25) is 0 Å². The molecule has 0 spiro atoms. The van der Waals surface area contributed by atoms with Gasteiger partial charge >= 0.3 is 5.97 Å². The highest BCUT2D eigenvalue weighted by molar-refractivity contribution is 5.92. The van der Waals surface area contributed by atoms with Gasteiger partial charge < -0.3 is 20.3 Å². The number of carbonyl (C=O) groups excluding carboxylic acids is 1. The van der Waals surface area contributed by atoms with E-state index in [2.05, 4.69) is 14.7 Å². The van der Waals surface area contributed by atoms with Crippen molar-refractivity contribution in [2.75, 3.05) is 12.8 Å². The summed E-state index contributed by atoms with van der Waals surface area (Å²) in [5.74, 6) is -0.569. The molecule has 0 bridgehead atoms. The van der Waals surface area contributed by atoms with Crippen LogP contribution >= 0.6 is 0 Å². The standard InChI is InChI=1S/C19H16FN3O4/c1-26-19(25)14-7-13(3-5-17(14)24)27-10-11-8-22-18(23-9-11)12-2-4-15(20)16(21)6-12/h2-9,24H,10,21H2,1H3. The second kappa shape index (κ2) is 7.69. The molecule has 8 heteroatoms. The molecule has 3 rings (SSSR count). The average molecular weight is 369 g/mol. The third kappa shape index (κ3) is 4.12. The minimum absolute atomic E-state index is 0.00972. The third-order valence-electron chi connectivity index (χ3n) is 3.74. The van der Waals surface area contributed by atoms with Crippen molar-refractivity contribution in [2.24, 2.45) is 0 Å². The summed E-state index contributed by atoms with van der Waals surface area (Å²) in [4.78, 5) is 20.0. The van der Waals surface area contributed by atoms with Gasteiger partial charge in [-0.3, -0.25) is 0 Å². The molecule has 0 aliphatic heterocycles. The molecule has 138 valence electrons. The van der Waals surface area contributed by atoms with Gasteiger partial charge in [0, 0.05) is 23.5 Å². The highest BCUT2D eigenvalue weighted by Gasteiger charge is 2.13. The Labute approximate surface area is 154 Å². The van der Waals surface area contributed by atoms with Gasteiger partial charge in [-0.25, -0.2) is 19.2 Å². The lowest BCUT2D eigenvalue weighted by atomic mass is 10.2. The molecular formula is C19H16FN3O4. The van der Waals surface area contributed by atoms with E-state index in [4.69, 9.17) is 10.5 Å². The molecule has 7 nitrogen and oxygen atoms in total. The summed E-state index contributed by atoms with van der Waals surface area (Å²) in [5, 5.41) is 9.69. The van der Waals surface area contributed by atoms with Gasteiger partial charge in [0.1, 0.15) is 29.5 Å². The molecule has 0 atom stereocenters. The monoisotopic (exact) mass is 369 g/mol. The largest absolute Gasteiger partial charge is 0.507 e. The number of anilines is 1. The number of carbonyl (C=O) groups is 1. The SMILES string of the molecule is COC(=O)c1cc(OCc2cnc(-c3ccc(F)c(N)c3)nc2)ccc1O. The number of aromatic hydroxyl groups is 1. The molecule has 0 amide bonds. The number of halogens is 1. The van der Waals surface area contributed by atoms with Crippen LogP contribution in [0.1, 0.15) is 15.9 Å². The van der Waals surface area contributed by atoms with Crippen molar-refractivity contribution < 1.29 is 23.8 Å². The van der Waals surface area contributed by atoms with Gasteiger partial charge in [0.05, 0.1) is 12.8 Å². The number of phenolic OH excluding ortho intramolecular Hbond substituents is 1. The van der Waals surface area contributed by atoms with Crippen molar-refractivity contribution in [2.45, 2.75) is 6.61 Å². The molecule has 0 unspecified atom stereocenters. The number of nitrogens with two attached hydrogens (primary N) is 1. The molecule has 27 heavy (non-hydrogen) atoms. The van der Waals surface area contributed by atoms with Crippen LogP contribution in [0.5, 0.6) is 11.5 Å². The van der Waals surface area contributed by atoms with Crippen molar-refractivity contribution >= 4 is 11.7 Å². The average Bonchev–Trinajstić information content (AvgIpc) is 2.69. The molecule has 0 aliphatic rings. The topological polar surface area (TPSA) is 108 Å². The quantitative estimate of drug-likeness (QED) is 0.526. The number of rotatable bonds is 5. The molecule has 0 aliphatic carbocycles. The molecule has 0 radical (unpaired) electrons. The Morgan fingerprint density at radius 1 is 1.19 bits per heavy atom. The molecule has 1 aromatic heterocycles. The third-order valence-corrected chi connectivity index (χ3v) is 3.74. The fourth-order valence-electron chi connectivity index (χ4n) is 2.31. The van der Waals surface area contributed by atoms with Crippen molar-refractivity contribution in [3.8, 4) is 22.9 Å². The summed E-state index contributed by atoms with van der Waals surface area (Å²) < 4.78 is 23.4. The van der Waals surface area contributed by atoms with E-state index in [-0.39, 0.29) is 23.6 Å². The smallest absolute Gasteiger partial charge is 0.341 e. The first kappa shape index (κ1) is 18.1. The number of ether oxygens (including phenoxy) is 2. The number of hydrogen-bond donors (Lipinski definition) is 2. The highest BCUT2D eigenvalue weighted by Crippen LogP contribution is 2.24. The Kier molecular flexibility index (Phi) is 5.16. The van der Waals surface area contributed by atoms with Crippen LogP contribution in [0.15, 0.2) is 48.8 Å². The van der Waals surface area contributed by atoms with Gasteiger partial charge in [0.15, 0.2) is 5.82 Å². The van der Waals surface area contributed by atoms with E-state index in [9.17, 15) is 14.3 Å². The number of hydrogen-bond acceptors (Lipinski definition) is 7. The van der Waals surface area contributed by atoms with Gasteiger partial charge in [-0.2, -0.15) is 0 Å². The maximum Gasteiger partial charge on any atom is 0.341 e. The Balaban J connectivity index is 1.70. The summed E-state index contributed by atoms with van der Waals surface area (Å²) in [6.45, 7) is 0.150. The van der Waals surface area contributed by atoms with E-state index in [1.165, 1.54) is 37.4 Å². The van der Waals surface area contributed by atoms with Crippen LogP contribution in [0.3, 0.4) is 0 Å². The van der Waals surface area contributed by atoms with E-state index in [1.807, 2.05) is 0 Å². The summed E-state index contributed by atoms with van der Waals surface area (Å²) in [7, 11) is 1.23. The zero-order chi connectivity index (χ0) is 19.4. The van der Waals surface area contributed by atoms with E-state index in [0.29, 0.717) is 22.7 Å². The van der Waals surface area contributed by atoms with Gasteiger partial charge in [0.2, 0.25) is 0 Å². The summed E-state index contributed by atoms with van der Waals surface area (Å²) in [6.07, 6.45) is 3.15. The van der Waals surface area contributed by atoms with E-state index >= 15 is 0 Å². The first-order valence-electron chi connectivity index (χ1n) is 7.88. The number of nitrogen functional groups attached to an aromatic ring is 1. The van der Waals surface area contributed by atoms with Gasteiger partial charge in [-0.05, 0) is 36.4 Å². The maximum atomic E-state index is 13.2. The Morgan fingerprint density at radius 2 is 1.93 bits per heavy atom. The second-order valence-electron chi connectivity index (χ2n) is 5.61. The molecule has 3 aromatic rings. The van der Waals surface area contributed by atoms with Crippen molar-refractivity contribution in [1.82, 2.24) is 9.97 Å². The predicted molar refractivity (Wildman–Crippen MR) is 95.6 cm³/mol. The lowest BCUT2D eigenvalue weighted by molar-refractivity contribution is 0.0597. The predicted octanol–water partition coefficient (Wildman–Crippen LogP) is 2.94. The van der Waals surface area contributed by atoms with Crippen molar-refractivity contribution in [3.05, 3.63) is 65.7 Å². The van der Waals surface area contributed by atoms with Crippen LogP contribution in [-0.4, -0.2) is 28.2 Å². The summed E-state index contributed by atoms with van der Waals surface area (Å²) in [6, 6.07) is 8.53. The van der Waals surface area contributed by atoms with Crippen molar-refractivity contribution in [1.29, 1.82) is 0 Å². The van der Waals surface area contributed by atoms with E-state index in [0.717, 1.165) is 0 Å². The van der Waals surface area contributed by atoms with Crippen LogP contribution in [0.4, 0.5) is 10.1 Å². The minimum Gasteiger partial charge on any atom is -0.507 e. The van der Waals surface area contributed by atoms with Gasteiger partial charge in [0.25, 0.3) is 0 Å². The fraction of sp³-hybridized carbons (Fsp3) is 0.105. The maximum absolute atomic E-state index is 13.2. The molecule has 1 heterocycles. The van der Waals surface area contributed by atoms with Crippen LogP contribution in [0, 0.1) is 5.82 Å². The normalized spacial score (nSPS) is 10.4. The lowest BCUT2D eigenvalue weighted by Gasteiger charge is -2.09. The fourth-order valence-corrected chi connectivity index (χ4v) is 2.31. The van der Waals surface area contributed by atoms with E-state index < -0.39 is 11.8 Å². The molecule has 0 fully saturated rings. The lowest BCUT2D eigenvalue weighted by Crippen LogP contribution is -2.03. The minimum atomic E-state index is -0.663. The van der Waals surface area contributed by atoms with E-state index in [1.54, 1.807) is 18.5 Å². The number of benzene rings is 2. The Hall–Kier alpha value is -3.68. The second-order valence-corrected chi connectivity index (χ2v) is 5.61. The Bertz CT molecular complexity index is 977. The number of nitrogens with zero attached hydrogens (tertiary/aromatic N) is 2. The molecular weight excluding hydrogens is 353 g/mol. The number of aromatic nitrogens is 2. The first-order valence-corrected chi connectivity index (χ1v) is 7.88. The molecule has 0 saturated carbocycles. The molecule has 0 saturated heterocycles. The number of methoxy groups -OCH3 is 1. The first-order chi connectivity index (χ1) is 13.0. The van der Waals surface area contributed by atoms with Crippen LogP contribution in [0.25, 0.3) is 11.4 Å². The number of esters is 1. The van der Waals surface area contributed by atoms with Crippen molar-refractivity contribution in [3.63, 3.8) is 0 Å². The van der Waals surface area contributed by atoms with Gasteiger partial charge in [-0.15, -0.1) is 0 Å². The zero-order valence-electron chi connectivity index (χ0n) is 14.3. The Morgan fingerprint density at radius 3 is 2.59 bits per heavy atom. The summed E-state index contributed by atoms with van der Waals surface area (Å²) in [5.41, 5.74) is 6.87. The number of phenols is 1. The molecule has 3 N–H and O–H groups in total. The van der Waals surface area contributed by atoms with Crippen LogP contribution < -0.4 is 10.5 Å². The molecule has 2 aromatic carbocycles. The zero-order valence-corrected chi connectivity index (χ0v) is 14.3. The highest BCUT2D eigenvalue weighted by atomic mass is 19.1. The summed E-state index contributed by atoms with van der Waals surface area (Å²) >= 11 is 0. The van der Waals surface area contributed by atoms with Gasteiger partial charge in [-0.1, -0.05) is 0 Å².